The first-order valence-electron chi connectivity index (χ1n) is 9.40. The van der Waals surface area contributed by atoms with E-state index in [4.69, 9.17) is 31.8 Å². The van der Waals surface area contributed by atoms with Crippen LogP contribution >= 0.6 is 11.6 Å². The number of hydrogen-bond acceptors (Lipinski definition) is 7. The number of rotatable bonds is 3. The molecule has 2 aromatic heterocycles. The molecule has 0 fully saturated rings. The van der Waals surface area contributed by atoms with Crippen LogP contribution in [0.3, 0.4) is 0 Å². The largest absolute Gasteiger partial charge is 0.458 e. The molecule has 2 aliphatic rings. The van der Waals surface area contributed by atoms with Crippen LogP contribution in [0.1, 0.15) is 28.4 Å². The molecule has 0 radical (unpaired) electrons. The second kappa shape index (κ2) is 6.93. The van der Waals surface area contributed by atoms with Gasteiger partial charge in [-0.3, -0.25) is 4.79 Å². The number of para-hydroxylation sites is 1. The van der Waals surface area contributed by atoms with Gasteiger partial charge in [-0.25, -0.2) is 14.6 Å². The monoisotopic (exact) mass is 425 g/mol. The molecule has 0 amide bonds. The Hall–Kier alpha value is -3.23. The fourth-order valence-corrected chi connectivity index (χ4v) is 4.37. The Balaban J connectivity index is 1.77. The summed E-state index contributed by atoms with van der Waals surface area (Å²) in [6, 6.07) is 9.41. The second-order valence-corrected chi connectivity index (χ2v) is 7.48. The Morgan fingerprint density at radius 2 is 2.10 bits per heavy atom. The minimum atomic E-state index is -1.38. The van der Waals surface area contributed by atoms with Crippen LogP contribution in [0.5, 0.6) is 0 Å². The number of esters is 1. The Kier molecular flexibility index (Phi) is 4.34. The first-order chi connectivity index (χ1) is 14.5. The maximum absolute atomic E-state index is 13.2. The summed E-state index contributed by atoms with van der Waals surface area (Å²) < 4.78 is 11.6. The van der Waals surface area contributed by atoms with E-state index < -0.39 is 17.5 Å². The van der Waals surface area contributed by atoms with E-state index in [1.165, 1.54) is 0 Å². The van der Waals surface area contributed by atoms with Gasteiger partial charge in [-0.05, 0) is 30.7 Å². The molecule has 4 heterocycles. The van der Waals surface area contributed by atoms with Crippen molar-refractivity contribution in [2.75, 3.05) is 6.54 Å². The lowest BCUT2D eigenvalue weighted by Gasteiger charge is -2.24. The summed E-state index contributed by atoms with van der Waals surface area (Å²) in [6.45, 7) is 0.612. The first-order valence-corrected chi connectivity index (χ1v) is 9.77. The zero-order chi connectivity index (χ0) is 21.0. The van der Waals surface area contributed by atoms with Crippen molar-refractivity contribution in [1.29, 1.82) is 0 Å². The van der Waals surface area contributed by atoms with Crippen LogP contribution in [-0.2, 0) is 33.8 Å². The van der Waals surface area contributed by atoms with E-state index in [2.05, 4.69) is 0 Å². The number of nitrogens with zero attached hydrogens (tertiary/aromatic N) is 2. The van der Waals surface area contributed by atoms with E-state index in [1.54, 1.807) is 10.6 Å². The maximum atomic E-state index is 13.2. The zero-order valence-corrected chi connectivity index (χ0v) is 16.4. The minimum absolute atomic E-state index is 0.189. The normalized spacial score (nSPS) is 16.6. The zero-order valence-electron chi connectivity index (χ0n) is 15.7. The van der Waals surface area contributed by atoms with Gasteiger partial charge in [-0.2, -0.15) is 0 Å². The van der Waals surface area contributed by atoms with Crippen LogP contribution < -0.4 is 11.3 Å². The molecule has 30 heavy (non-hydrogen) atoms. The molecule has 8 nitrogen and oxygen atoms in total. The third-order valence-electron chi connectivity index (χ3n) is 5.57. The van der Waals surface area contributed by atoms with Gasteiger partial charge in [-0.1, -0.05) is 18.2 Å². The van der Waals surface area contributed by atoms with Crippen LogP contribution in [0.4, 0.5) is 4.79 Å². The summed E-state index contributed by atoms with van der Waals surface area (Å²) in [7, 11) is 0. The molecule has 0 saturated heterocycles. The van der Waals surface area contributed by atoms with Gasteiger partial charge in [0.15, 0.2) is 0 Å². The van der Waals surface area contributed by atoms with Crippen LogP contribution in [0.25, 0.3) is 22.3 Å². The number of aromatic nitrogens is 2. The number of ether oxygens (including phenoxy) is 2. The Labute approximate surface area is 175 Å². The molecule has 9 heteroatoms. The fraction of sp³-hybridized carbons (Fsp3) is 0.238. The van der Waals surface area contributed by atoms with E-state index in [0.29, 0.717) is 30.9 Å². The van der Waals surface area contributed by atoms with E-state index >= 15 is 0 Å². The predicted octanol–water partition coefficient (Wildman–Crippen LogP) is 2.40. The standard InChI is InChI=1S/C21H16ClN3O5/c22-21(28)30-18-12-7-16-17-13(8-25(16)19(26)14(12)9-29-20(18)27)10(5-6-23)11-3-1-2-4-15(11)24-17/h1-4,7,18H,5-6,8-9,23H2/t18-/m0/s1. The number of benzene rings is 1. The van der Waals surface area contributed by atoms with Crippen LogP contribution in [-0.4, -0.2) is 27.5 Å². The van der Waals surface area contributed by atoms with Crippen molar-refractivity contribution in [2.45, 2.75) is 25.7 Å². The van der Waals surface area contributed by atoms with Gasteiger partial charge >= 0.3 is 11.4 Å². The number of halogens is 1. The molecular formula is C21H16ClN3O5. The topological polar surface area (TPSA) is 114 Å². The fourth-order valence-electron chi connectivity index (χ4n) is 4.28. The van der Waals surface area contributed by atoms with Gasteiger partial charge in [0, 0.05) is 28.1 Å². The number of cyclic esters (lactones) is 1. The molecular weight excluding hydrogens is 410 g/mol. The summed E-state index contributed by atoms with van der Waals surface area (Å²) in [5.41, 5.74) is 8.92. The van der Waals surface area contributed by atoms with Gasteiger partial charge < -0.3 is 19.8 Å². The van der Waals surface area contributed by atoms with E-state index in [1.807, 2.05) is 24.3 Å². The minimum Gasteiger partial charge on any atom is -0.458 e. The number of hydrogen-bond donors (Lipinski definition) is 1. The highest BCUT2D eigenvalue weighted by Crippen LogP contribution is 2.38. The van der Waals surface area contributed by atoms with Crippen molar-refractivity contribution in [2.24, 2.45) is 5.73 Å². The third-order valence-corrected chi connectivity index (χ3v) is 5.65. The van der Waals surface area contributed by atoms with Gasteiger partial charge in [0.2, 0.25) is 6.10 Å². The molecule has 0 aliphatic carbocycles. The Bertz CT molecular complexity index is 1300. The number of carbonyl (C=O) groups is 2. The highest BCUT2D eigenvalue weighted by Gasteiger charge is 2.37. The highest BCUT2D eigenvalue weighted by atomic mass is 35.5. The van der Waals surface area contributed by atoms with Gasteiger partial charge in [0.1, 0.15) is 6.61 Å². The predicted molar refractivity (Wildman–Crippen MR) is 108 cm³/mol. The molecule has 5 rings (SSSR count). The molecule has 152 valence electrons. The van der Waals surface area contributed by atoms with Crippen molar-refractivity contribution in [3.8, 4) is 11.4 Å². The SMILES string of the molecule is NCCc1c2c(nc3ccccc13)-c1cc3c(c(=O)n1C2)COC(=O)[C@H]3OC(=O)Cl. The lowest BCUT2D eigenvalue weighted by molar-refractivity contribution is -0.157. The lowest BCUT2D eigenvalue weighted by Crippen LogP contribution is -2.33. The quantitative estimate of drug-likeness (QED) is 0.396. The molecule has 0 spiro atoms. The number of pyridine rings is 2. The number of nitrogens with two attached hydrogens (primary N) is 1. The molecule has 1 aromatic carbocycles. The Morgan fingerprint density at radius 3 is 2.87 bits per heavy atom. The molecule has 0 bridgehead atoms. The molecule has 1 atom stereocenters. The van der Waals surface area contributed by atoms with Crippen molar-refractivity contribution in [3.05, 3.63) is 62.9 Å². The lowest BCUT2D eigenvalue weighted by atomic mass is 9.97. The summed E-state index contributed by atoms with van der Waals surface area (Å²) in [6.07, 6.45) is -0.743. The second-order valence-electron chi connectivity index (χ2n) is 7.17. The molecule has 0 saturated carbocycles. The smallest absolute Gasteiger partial charge is 0.404 e. The van der Waals surface area contributed by atoms with Crippen LogP contribution in [0, 0.1) is 0 Å². The maximum Gasteiger partial charge on any atom is 0.404 e. The van der Waals surface area contributed by atoms with E-state index in [-0.39, 0.29) is 23.3 Å². The number of carbonyl (C=O) groups excluding carboxylic acids is 2. The van der Waals surface area contributed by atoms with Crippen molar-refractivity contribution in [1.82, 2.24) is 9.55 Å². The molecule has 0 unspecified atom stereocenters. The van der Waals surface area contributed by atoms with E-state index in [9.17, 15) is 14.4 Å². The molecule has 2 aliphatic heterocycles. The van der Waals surface area contributed by atoms with Gasteiger partial charge in [0.05, 0.1) is 29.0 Å². The van der Waals surface area contributed by atoms with Gasteiger partial charge in [-0.15, -0.1) is 0 Å². The highest BCUT2D eigenvalue weighted by molar-refractivity contribution is 6.61. The van der Waals surface area contributed by atoms with Crippen molar-refractivity contribution < 1.29 is 19.1 Å². The summed E-state index contributed by atoms with van der Waals surface area (Å²) in [5.74, 6) is -0.769. The van der Waals surface area contributed by atoms with Crippen molar-refractivity contribution in [3.63, 3.8) is 0 Å². The van der Waals surface area contributed by atoms with Crippen molar-refractivity contribution >= 4 is 33.9 Å². The average molecular weight is 426 g/mol. The summed E-state index contributed by atoms with van der Waals surface area (Å²) in [5, 5.41) is 1.000. The first kappa shape index (κ1) is 18.8. The van der Waals surface area contributed by atoms with Gasteiger partial charge in [0.25, 0.3) is 5.56 Å². The third kappa shape index (κ3) is 2.72. The summed E-state index contributed by atoms with van der Waals surface area (Å²) >= 11 is 5.33. The average Bonchev–Trinajstić information content (AvgIpc) is 3.09. The molecule has 3 aromatic rings. The van der Waals surface area contributed by atoms with Crippen LogP contribution in [0.2, 0.25) is 0 Å². The van der Waals surface area contributed by atoms with Crippen LogP contribution in [0.15, 0.2) is 35.1 Å². The van der Waals surface area contributed by atoms with E-state index in [0.717, 1.165) is 22.0 Å². The Morgan fingerprint density at radius 1 is 1.30 bits per heavy atom. The summed E-state index contributed by atoms with van der Waals surface area (Å²) in [4.78, 5) is 41.4. The number of fused-ring (bicyclic) bond motifs is 5. The molecule has 2 N–H and O–H groups in total.